The number of nitrogens with zero attached hydrogens (tertiary/aromatic N) is 1. The van der Waals surface area contributed by atoms with Crippen LogP contribution in [0, 0.1) is 0 Å². The summed E-state index contributed by atoms with van der Waals surface area (Å²) in [7, 11) is 7.10. The number of hydrogen-bond donors (Lipinski definition) is 1. The third-order valence-corrected chi connectivity index (χ3v) is 6.66. The maximum absolute atomic E-state index is 12.0. The minimum Gasteiger partial charge on any atom is -0.493 e. The number of rotatable bonds is 9. The normalized spacial score (nSPS) is 27.4. The number of piperidine rings is 1. The van der Waals surface area contributed by atoms with Crippen LogP contribution in [0.5, 0.6) is 17.2 Å². The average molecular weight is 422 g/mol. The first-order valence-electron chi connectivity index (χ1n) is 10.4. The molecule has 2 aliphatic rings. The Balaban J connectivity index is 1.71. The summed E-state index contributed by atoms with van der Waals surface area (Å²) in [5, 5.41) is 8.74. The predicted octanol–water partition coefficient (Wildman–Crippen LogP) is 2.76. The molecule has 2 heterocycles. The molecule has 0 spiro atoms. The zero-order valence-electron chi connectivity index (χ0n) is 18.2. The van der Waals surface area contributed by atoms with E-state index in [9.17, 15) is 9.59 Å². The van der Waals surface area contributed by atoms with Crippen LogP contribution in [0.25, 0.3) is 0 Å². The molecular weight excluding hydrogens is 390 g/mol. The van der Waals surface area contributed by atoms with E-state index < -0.39 is 11.9 Å². The van der Waals surface area contributed by atoms with Crippen molar-refractivity contribution in [2.24, 2.45) is 0 Å². The molecule has 0 radical (unpaired) electrons. The van der Waals surface area contributed by atoms with Crippen LogP contribution in [0.15, 0.2) is 12.1 Å². The van der Waals surface area contributed by atoms with Crippen molar-refractivity contribution in [1.82, 2.24) is 0 Å². The SMILES string of the molecule is COc1cc(C[N+]2(C)C3CCC2CC(OC(=O)CCC(=O)O)C3)cc(OC)c1OC. The molecular formula is C22H32NO7+. The molecule has 1 N–H and O–H groups in total. The van der Waals surface area contributed by atoms with E-state index in [1.807, 2.05) is 12.1 Å². The van der Waals surface area contributed by atoms with Gasteiger partial charge >= 0.3 is 11.9 Å². The fraction of sp³-hybridized carbons (Fsp3) is 0.636. The van der Waals surface area contributed by atoms with Crippen molar-refractivity contribution < 1.29 is 38.1 Å². The van der Waals surface area contributed by atoms with Crippen molar-refractivity contribution in [3.8, 4) is 17.2 Å². The Hall–Kier alpha value is -2.48. The van der Waals surface area contributed by atoms with E-state index in [4.69, 9.17) is 24.1 Å². The number of hydrogen-bond acceptors (Lipinski definition) is 6. The lowest BCUT2D eigenvalue weighted by atomic mass is 9.95. The number of aliphatic carboxylic acids is 1. The number of carbonyl (C=O) groups is 2. The molecule has 166 valence electrons. The summed E-state index contributed by atoms with van der Waals surface area (Å²) in [6.07, 6.45) is 3.40. The first-order chi connectivity index (χ1) is 14.3. The van der Waals surface area contributed by atoms with Gasteiger partial charge in [-0.25, -0.2) is 0 Å². The highest BCUT2D eigenvalue weighted by Gasteiger charge is 2.52. The van der Waals surface area contributed by atoms with Crippen LogP contribution >= 0.6 is 0 Å². The Morgan fingerprint density at radius 1 is 1.00 bits per heavy atom. The first-order valence-corrected chi connectivity index (χ1v) is 10.4. The Kier molecular flexibility index (Phi) is 6.75. The maximum atomic E-state index is 12.0. The monoisotopic (exact) mass is 422 g/mol. The molecule has 1 aromatic carbocycles. The summed E-state index contributed by atoms with van der Waals surface area (Å²) in [5.41, 5.74) is 1.11. The van der Waals surface area contributed by atoms with Gasteiger partial charge in [-0.2, -0.15) is 0 Å². The molecule has 3 rings (SSSR count). The number of carboxylic acids is 1. The van der Waals surface area contributed by atoms with Gasteiger partial charge in [0.1, 0.15) is 12.6 Å². The number of ether oxygens (including phenoxy) is 4. The minimum absolute atomic E-state index is 0.0707. The largest absolute Gasteiger partial charge is 0.493 e. The standard InChI is InChI=1S/C22H31NO7/c1-23(13-14-9-18(27-2)22(29-4)19(10-14)28-3)15-5-6-16(23)12-17(11-15)30-21(26)8-7-20(24)25/h9-10,15-17H,5-8,11-13H2,1-4H3/p+1. The van der Waals surface area contributed by atoms with Gasteiger partial charge in [-0.1, -0.05) is 0 Å². The molecule has 2 unspecified atom stereocenters. The van der Waals surface area contributed by atoms with E-state index >= 15 is 0 Å². The summed E-state index contributed by atoms with van der Waals surface area (Å²) in [4.78, 5) is 22.6. The van der Waals surface area contributed by atoms with Crippen molar-refractivity contribution in [3.05, 3.63) is 17.7 Å². The molecule has 0 aliphatic carbocycles. The molecule has 8 heteroatoms. The van der Waals surface area contributed by atoms with Crippen LogP contribution in [-0.4, -0.2) is 68.1 Å². The molecule has 2 saturated heterocycles. The number of carboxylic acid groups (broad SMARTS) is 1. The topological polar surface area (TPSA) is 91.3 Å². The molecule has 2 aliphatic heterocycles. The highest BCUT2D eigenvalue weighted by molar-refractivity contribution is 5.76. The Morgan fingerprint density at radius 2 is 1.57 bits per heavy atom. The number of esters is 1. The maximum Gasteiger partial charge on any atom is 0.306 e. The zero-order chi connectivity index (χ0) is 21.9. The van der Waals surface area contributed by atoms with Gasteiger partial charge in [-0.05, 0) is 12.1 Å². The van der Waals surface area contributed by atoms with E-state index in [2.05, 4.69) is 7.05 Å². The molecule has 2 fully saturated rings. The van der Waals surface area contributed by atoms with Crippen LogP contribution in [0.3, 0.4) is 0 Å². The van der Waals surface area contributed by atoms with Gasteiger partial charge in [-0.15, -0.1) is 0 Å². The summed E-state index contributed by atoms with van der Waals surface area (Å²) < 4.78 is 22.9. The molecule has 0 amide bonds. The second-order valence-corrected chi connectivity index (χ2v) is 8.40. The highest BCUT2D eigenvalue weighted by Crippen LogP contribution is 2.45. The number of fused-ring (bicyclic) bond motifs is 2. The first kappa shape index (κ1) is 22.2. The van der Waals surface area contributed by atoms with Gasteiger partial charge in [0.25, 0.3) is 0 Å². The molecule has 30 heavy (non-hydrogen) atoms. The predicted molar refractivity (Wildman–Crippen MR) is 109 cm³/mol. The minimum atomic E-state index is -0.981. The van der Waals surface area contributed by atoms with Crippen molar-refractivity contribution in [1.29, 1.82) is 0 Å². The van der Waals surface area contributed by atoms with Gasteiger partial charge in [-0.3, -0.25) is 9.59 Å². The number of benzene rings is 1. The molecule has 0 aromatic heterocycles. The third kappa shape index (κ3) is 4.48. The molecule has 0 saturated carbocycles. The smallest absolute Gasteiger partial charge is 0.306 e. The van der Waals surface area contributed by atoms with Gasteiger partial charge in [0, 0.05) is 31.2 Å². The zero-order valence-corrected chi connectivity index (χ0v) is 18.2. The molecule has 1 aromatic rings. The quantitative estimate of drug-likeness (QED) is 0.483. The second-order valence-electron chi connectivity index (χ2n) is 8.40. The van der Waals surface area contributed by atoms with Crippen LogP contribution < -0.4 is 14.2 Å². The van der Waals surface area contributed by atoms with Crippen LogP contribution in [0.1, 0.15) is 44.1 Å². The number of methoxy groups -OCH3 is 3. The average Bonchev–Trinajstić information content (AvgIpc) is 2.88. The number of carbonyl (C=O) groups excluding carboxylic acids is 1. The Morgan fingerprint density at radius 3 is 2.03 bits per heavy atom. The van der Waals surface area contributed by atoms with Gasteiger partial charge in [0.15, 0.2) is 11.5 Å². The van der Waals surface area contributed by atoms with Crippen molar-refractivity contribution in [3.63, 3.8) is 0 Å². The van der Waals surface area contributed by atoms with E-state index in [1.54, 1.807) is 21.3 Å². The second kappa shape index (κ2) is 9.12. The summed E-state index contributed by atoms with van der Waals surface area (Å²) >= 11 is 0. The molecule has 2 atom stereocenters. The van der Waals surface area contributed by atoms with Crippen molar-refractivity contribution in [2.75, 3.05) is 28.4 Å². The van der Waals surface area contributed by atoms with Crippen LogP contribution in [0.4, 0.5) is 0 Å². The fourth-order valence-electron chi connectivity index (χ4n) is 5.12. The van der Waals surface area contributed by atoms with Gasteiger partial charge in [0.05, 0.1) is 53.3 Å². The lowest BCUT2D eigenvalue weighted by molar-refractivity contribution is -0.961. The number of quaternary nitrogens is 1. The highest BCUT2D eigenvalue weighted by atomic mass is 16.5. The van der Waals surface area contributed by atoms with Crippen LogP contribution in [0.2, 0.25) is 0 Å². The lowest BCUT2D eigenvalue weighted by Gasteiger charge is -2.47. The Bertz CT molecular complexity index is 755. The molecule has 8 nitrogen and oxygen atoms in total. The van der Waals surface area contributed by atoms with Crippen molar-refractivity contribution >= 4 is 11.9 Å². The van der Waals surface area contributed by atoms with E-state index in [1.165, 1.54) is 0 Å². The Labute approximate surface area is 177 Å². The van der Waals surface area contributed by atoms with E-state index in [-0.39, 0.29) is 18.9 Å². The van der Waals surface area contributed by atoms with Crippen LogP contribution in [-0.2, 0) is 20.9 Å². The summed E-state index contributed by atoms with van der Waals surface area (Å²) in [6.45, 7) is 0.825. The van der Waals surface area contributed by atoms with Gasteiger partial charge in [0.2, 0.25) is 5.75 Å². The van der Waals surface area contributed by atoms with Gasteiger partial charge < -0.3 is 28.5 Å². The van der Waals surface area contributed by atoms with Crippen molar-refractivity contribution in [2.45, 2.75) is 63.3 Å². The summed E-state index contributed by atoms with van der Waals surface area (Å²) in [5.74, 6) is 0.482. The fourth-order valence-corrected chi connectivity index (χ4v) is 5.12. The van der Waals surface area contributed by atoms with E-state index in [0.29, 0.717) is 29.3 Å². The summed E-state index contributed by atoms with van der Waals surface area (Å²) in [6, 6.07) is 4.78. The molecule has 2 bridgehead atoms. The van der Waals surface area contributed by atoms with E-state index in [0.717, 1.165) is 42.3 Å². The lowest BCUT2D eigenvalue weighted by Crippen LogP contribution is -2.58. The third-order valence-electron chi connectivity index (χ3n) is 6.66.